The van der Waals surface area contributed by atoms with Gasteiger partial charge in [-0.3, -0.25) is 9.79 Å². The summed E-state index contributed by atoms with van der Waals surface area (Å²) in [6.07, 6.45) is 4.25. The Morgan fingerprint density at radius 3 is 2.61 bits per heavy atom. The highest BCUT2D eigenvalue weighted by atomic mass is 16.2. The van der Waals surface area contributed by atoms with Crippen LogP contribution in [0.15, 0.2) is 64.9 Å². The largest absolute Gasteiger partial charge is 0.314 e. The Kier molecular flexibility index (Phi) is 5.63. The van der Waals surface area contributed by atoms with Crippen LogP contribution in [0, 0.1) is 5.92 Å². The predicted molar refractivity (Wildman–Crippen MR) is 95.6 cm³/mol. The summed E-state index contributed by atoms with van der Waals surface area (Å²) in [4.78, 5) is 20.9. The Morgan fingerprint density at radius 2 is 2.00 bits per heavy atom. The molecule has 1 amide bonds. The molecule has 1 N–H and O–H groups in total. The van der Waals surface area contributed by atoms with Crippen LogP contribution in [0.25, 0.3) is 0 Å². The Balaban J connectivity index is 1.97. The Morgan fingerprint density at radius 1 is 1.30 bits per heavy atom. The van der Waals surface area contributed by atoms with Gasteiger partial charge in [0, 0.05) is 12.1 Å². The van der Waals surface area contributed by atoms with E-state index in [1.807, 2.05) is 38.1 Å². The monoisotopic (exact) mass is 309 g/mol. The van der Waals surface area contributed by atoms with E-state index in [2.05, 4.69) is 34.0 Å². The van der Waals surface area contributed by atoms with Crippen molar-refractivity contribution in [3.8, 4) is 0 Å². The van der Waals surface area contributed by atoms with Gasteiger partial charge in [-0.25, -0.2) is 4.99 Å². The third-order valence-electron chi connectivity index (χ3n) is 3.88. The summed E-state index contributed by atoms with van der Waals surface area (Å²) in [7, 11) is 0. The molecule has 1 aliphatic carbocycles. The molecule has 0 aliphatic heterocycles. The number of carbonyl (C=O) groups excluding carboxylic acids is 1. The van der Waals surface area contributed by atoms with E-state index < -0.39 is 0 Å². The second-order valence-corrected chi connectivity index (χ2v) is 5.62. The summed E-state index contributed by atoms with van der Waals surface area (Å²) >= 11 is 0. The lowest BCUT2D eigenvalue weighted by Crippen LogP contribution is -2.30. The second kappa shape index (κ2) is 7.68. The SMILES string of the molecule is C=CN=C(C)/C(=C\C)N=C(C)NC(=O)C1CC1c1ccccc1. The van der Waals surface area contributed by atoms with Gasteiger partial charge < -0.3 is 5.32 Å². The van der Waals surface area contributed by atoms with Crippen LogP contribution >= 0.6 is 0 Å². The number of amidine groups is 1. The summed E-state index contributed by atoms with van der Waals surface area (Å²) in [5.41, 5.74) is 2.73. The Hall–Kier alpha value is -2.49. The molecule has 4 heteroatoms. The number of amides is 1. The van der Waals surface area contributed by atoms with E-state index in [4.69, 9.17) is 0 Å². The molecular formula is C19H23N3O. The highest BCUT2D eigenvalue weighted by Crippen LogP contribution is 2.47. The topological polar surface area (TPSA) is 53.8 Å². The average Bonchev–Trinajstić information content (AvgIpc) is 3.34. The lowest BCUT2D eigenvalue weighted by Gasteiger charge is -2.06. The molecule has 0 radical (unpaired) electrons. The number of rotatable bonds is 5. The van der Waals surface area contributed by atoms with Gasteiger partial charge in [-0.15, -0.1) is 0 Å². The molecule has 1 fully saturated rings. The number of hydrogen-bond acceptors (Lipinski definition) is 3. The van der Waals surface area contributed by atoms with Crippen molar-refractivity contribution in [2.75, 3.05) is 0 Å². The maximum Gasteiger partial charge on any atom is 0.229 e. The van der Waals surface area contributed by atoms with E-state index in [-0.39, 0.29) is 11.8 Å². The van der Waals surface area contributed by atoms with Crippen LogP contribution in [0.5, 0.6) is 0 Å². The smallest absolute Gasteiger partial charge is 0.229 e. The molecule has 120 valence electrons. The molecule has 0 bridgehead atoms. The summed E-state index contributed by atoms with van der Waals surface area (Å²) in [5, 5.41) is 2.89. The van der Waals surface area contributed by atoms with Crippen LogP contribution in [-0.4, -0.2) is 17.5 Å². The van der Waals surface area contributed by atoms with Gasteiger partial charge in [-0.2, -0.15) is 0 Å². The molecule has 2 atom stereocenters. The van der Waals surface area contributed by atoms with Crippen molar-refractivity contribution in [3.05, 3.63) is 60.4 Å². The van der Waals surface area contributed by atoms with Crippen LogP contribution in [0.2, 0.25) is 0 Å². The van der Waals surface area contributed by atoms with Gasteiger partial charge in [0.1, 0.15) is 5.84 Å². The molecule has 0 aromatic heterocycles. The summed E-state index contributed by atoms with van der Waals surface area (Å²) in [5.74, 6) is 0.989. The third-order valence-corrected chi connectivity index (χ3v) is 3.88. The zero-order valence-electron chi connectivity index (χ0n) is 13.9. The number of benzene rings is 1. The Labute approximate surface area is 137 Å². The minimum absolute atomic E-state index is 0.0360. The van der Waals surface area contributed by atoms with Crippen molar-refractivity contribution in [3.63, 3.8) is 0 Å². The van der Waals surface area contributed by atoms with E-state index in [1.165, 1.54) is 11.8 Å². The van der Waals surface area contributed by atoms with Crippen molar-refractivity contribution in [1.82, 2.24) is 5.32 Å². The molecule has 0 saturated heterocycles. The predicted octanol–water partition coefficient (Wildman–Crippen LogP) is 3.83. The lowest BCUT2D eigenvalue weighted by molar-refractivity contribution is -0.121. The van der Waals surface area contributed by atoms with E-state index in [1.54, 1.807) is 6.92 Å². The van der Waals surface area contributed by atoms with Gasteiger partial charge in [0.05, 0.1) is 11.4 Å². The van der Waals surface area contributed by atoms with Gasteiger partial charge in [-0.1, -0.05) is 43.0 Å². The Bertz CT molecular complexity index is 671. The maximum absolute atomic E-state index is 12.3. The molecule has 4 nitrogen and oxygen atoms in total. The molecule has 0 spiro atoms. The van der Waals surface area contributed by atoms with Crippen molar-refractivity contribution in [1.29, 1.82) is 0 Å². The third kappa shape index (κ3) is 4.49. The number of allylic oxidation sites excluding steroid dienone is 2. The number of aliphatic imine (C=N–C) groups is 2. The first-order valence-corrected chi connectivity index (χ1v) is 7.80. The summed E-state index contributed by atoms with van der Waals surface area (Å²) in [6.45, 7) is 9.13. The standard InChI is InChI=1S/C19H23N3O/c1-5-18(13(3)20-6-2)21-14(4)22-19(23)17-12-16(17)15-10-8-7-9-11-15/h5-11,16-17H,2,12H2,1,3-4H3,(H,21,22,23)/b18-5+,20-13?. The van der Waals surface area contributed by atoms with Crippen molar-refractivity contribution in [2.24, 2.45) is 15.9 Å². The second-order valence-electron chi connectivity index (χ2n) is 5.62. The molecule has 1 saturated carbocycles. The van der Waals surface area contributed by atoms with Crippen LogP contribution in [0.3, 0.4) is 0 Å². The van der Waals surface area contributed by atoms with Gasteiger partial charge in [0.25, 0.3) is 0 Å². The van der Waals surface area contributed by atoms with Gasteiger partial charge in [0.15, 0.2) is 0 Å². The summed E-state index contributed by atoms with van der Waals surface area (Å²) in [6, 6.07) is 10.2. The average molecular weight is 309 g/mol. The first-order valence-electron chi connectivity index (χ1n) is 7.80. The van der Waals surface area contributed by atoms with Crippen molar-refractivity contribution in [2.45, 2.75) is 33.1 Å². The maximum atomic E-state index is 12.3. The van der Waals surface area contributed by atoms with Gasteiger partial charge in [-0.05, 0) is 38.7 Å². The highest BCUT2D eigenvalue weighted by molar-refractivity contribution is 6.04. The number of hydrogen-bond donors (Lipinski definition) is 1. The van der Waals surface area contributed by atoms with Crippen molar-refractivity contribution < 1.29 is 4.79 Å². The van der Waals surface area contributed by atoms with Gasteiger partial charge in [0.2, 0.25) is 5.91 Å². The van der Waals surface area contributed by atoms with E-state index in [0.717, 1.165) is 17.8 Å². The highest BCUT2D eigenvalue weighted by Gasteiger charge is 2.43. The fraction of sp³-hybridized carbons (Fsp3) is 0.316. The van der Waals surface area contributed by atoms with E-state index >= 15 is 0 Å². The number of nitrogens with zero attached hydrogens (tertiary/aromatic N) is 2. The molecule has 23 heavy (non-hydrogen) atoms. The van der Waals surface area contributed by atoms with E-state index in [0.29, 0.717) is 11.8 Å². The molecule has 0 heterocycles. The fourth-order valence-corrected chi connectivity index (χ4v) is 2.59. The molecule has 2 unspecified atom stereocenters. The van der Waals surface area contributed by atoms with Crippen molar-refractivity contribution >= 4 is 17.5 Å². The number of nitrogens with one attached hydrogen (secondary N) is 1. The molecular weight excluding hydrogens is 286 g/mol. The zero-order valence-corrected chi connectivity index (χ0v) is 13.9. The van der Waals surface area contributed by atoms with Crippen LogP contribution in [-0.2, 0) is 4.79 Å². The van der Waals surface area contributed by atoms with Crippen LogP contribution in [0.4, 0.5) is 0 Å². The quantitative estimate of drug-likeness (QED) is 0.652. The lowest BCUT2D eigenvalue weighted by atomic mass is 10.1. The minimum Gasteiger partial charge on any atom is -0.314 e. The molecule has 2 rings (SSSR count). The first kappa shape index (κ1) is 16.9. The minimum atomic E-state index is 0.0360. The van der Waals surface area contributed by atoms with Crippen LogP contribution < -0.4 is 5.32 Å². The van der Waals surface area contributed by atoms with E-state index in [9.17, 15) is 4.79 Å². The fourth-order valence-electron chi connectivity index (χ4n) is 2.59. The zero-order chi connectivity index (χ0) is 16.8. The molecule has 1 aliphatic rings. The molecule has 1 aromatic rings. The number of carbonyl (C=O) groups is 1. The molecule has 1 aromatic carbocycles. The van der Waals surface area contributed by atoms with Gasteiger partial charge >= 0.3 is 0 Å². The normalized spacial score (nSPS) is 21.8. The van der Waals surface area contributed by atoms with Crippen LogP contribution in [0.1, 0.15) is 38.7 Å². The summed E-state index contributed by atoms with van der Waals surface area (Å²) < 4.78 is 0. The first-order chi connectivity index (χ1) is 11.1.